The lowest BCUT2D eigenvalue weighted by molar-refractivity contribution is 0.234. The van der Waals surface area contributed by atoms with E-state index < -0.39 is 0 Å². The Hall–Kier alpha value is -2.60. The second-order valence-corrected chi connectivity index (χ2v) is 7.18. The highest BCUT2D eigenvalue weighted by atomic mass is 35.5. The second kappa shape index (κ2) is 9.06. The lowest BCUT2D eigenvalue weighted by atomic mass is 10.1. The molecule has 3 aromatic rings. The van der Waals surface area contributed by atoms with Crippen LogP contribution in [-0.4, -0.2) is 16.0 Å². The third-order valence-electron chi connectivity index (χ3n) is 3.92. The maximum atomic E-state index is 9.47. The lowest BCUT2D eigenvalue weighted by Crippen LogP contribution is -2.20. The highest BCUT2D eigenvalue weighted by molar-refractivity contribution is 6.34. The second-order valence-electron chi connectivity index (χ2n) is 6.33. The van der Waals surface area contributed by atoms with Crippen LogP contribution in [0.25, 0.3) is 0 Å². The van der Waals surface area contributed by atoms with Gasteiger partial charge in [-0.2, -0.15) is 0 Å². The summed E-state index contributed by atoms with van der Waals surface area (Å²) >= 11 is 12.1. The van der Waals surface area contributed by atoms with Crippen LogP contribution < -0.4 is 10.2 Å². The molecule has 5 nitrogen and oxygen atoms in total. The van der Waals surface area contributed by atoms with Crippen LogP contribution in [0, 0.1) is 13.8 Å². The van der Waals surface area contributed by atoms with E-state index in [0.29, 0.717) is 39.6 Å². The molecule has 144 valence electrons. The van der Waals surface area contributed by atoms with E-state index in [1.165, 1.54) is 11.1 Å². The van der Waals surface area contributed by atoms with Crippen molar-refractivity contribution in [2.75, 3.05) is 0 Å². The maximum absolute atomic E-state index is 9.47. The normalized spacial score (nSPS) is 11.4. The standard InChI is InChI=1S/C21H19Cl2N3O2/c1-13-7-14(2)9-15(8-13)11-25-21(26-27)16-3-6-20(24-12-16)28-19-10-17(22)4-5-18(19)23/h3-10,12,27H,11H2,1-2H3,(H,25,26). The molecular weight excluding hydrogens is 397 g/mol. The summed E-state index contributed by atoms with van der Waals surface area (Å²) in [4.78, 5) is 8.68. The van der Waals surface area contributed by atoms with Gasteiger partial charge >= 0.3 is 0 Å². The molecule has 1 aromatic heterocycles. The van der Waals surface area contributed by atoms with E-state index in [1.807, 2.05) is 13.8 Å². The molecule has 0 spiro atoms. The van der Waals surface area contributed by atoms with Crippen LogP contribution in [0.4, 0.5) is 0 Å². The molecule has 1 heterocycles. The fourth-order valence-corrected chi connectivity index (χ4v) is 3.09. The zero-order valence-electron chi connectivity index (χ0n) is 15.4. The van der Waals surface area contributed by atoms with Crippen LogP contribution in [0.2, 0.25) is 10.0 Å². The van der Waals surface area contributed by atoms with Crippen LogP contribution in [0.3, 0.4) is 0 Å². The zero-order valence-corrected chi connectivity index (χ0v) is 16.9. The minimum absolute atomic E-state index is 0.319. The van der Waals surface area contributed by atoms with Gasteiger partial charge in [-0.15, -0.1) is 0 Å². The number of halogens is 2. The first-order valence-corrected chi connectivity index (χ1v) is 9.31. The van der Waals surface area contributed by atoms with Gasteiger partial charge in [-0.1, -0.05) is 52.5 Å². The SMILES string of the molecule is Cc1cc(C)cc(CN=C(NO)c2ccc(Oc3cc(Cl)ccc3Cl)nc2)c1. The van der Waals surface area contributed by atoms with Crippen molar-refractivity contribution in [2.45, 2.75) is 20.4 Å². The molecule has 0 atom stereocenters. The van der Waals surface area contributed by atoms with Crippen molar-refractivity contribution in [2.24, 2.45) is 4.99 Å². The Kier molecular flexibility index (Phi) is 6.52. The quantitative estimate of drug-likeness (QED) is 0.317. The van der Waals surface area contributed by atoms with E-state index in [9.17, 15) is 5.21 Å². The van der Waals surface area contributed by atoms with Crippen molar-refractivity contribution in [3.8, 4) is 11.6 Å². The molecule has 0 aliphatic carbocycles. The van der Waals surface area contributed by atoms with Crippen molar-refractivity contribution in [3.05, 3.63) is 87.0 Å². The fourth-order valence-electron chi connectivity index (χ4n) is 2.77. The van der Waals surface area contributed by atoms with Gasteiger partial charge in [0.1, 0.15) is 5.75 Å². The first kappa shape index (κ1) is 20.1. The summed E-state index contributed by atoms with van der Waals surface area (Å²) in [5.74, 6) is 1.08. The van der Waals surface area contributed by atoms with Gasteiger partial charge in [-0.05, 0) is 37.6 Å². The fraction of sp³-hybridized carbons (Fsp3) is 0.143. The van der Waals surface area contributed by atoms with Crippen LogP contribution in [0.1, 0.15) is 22.3 Å². The molecule has 2 N–H and O–H groups in total. The molecule has 0 unspecified atom stereocenters. The molecule has 0 bridgehead atoms. The van der Waals surface area contributed by atoms with Crippen LogP contribution >= 0.6 is 23.2 Å². The minimum Gasteiger partial charge on any atom is -0.437 e. The Bertz CT molecular complexity index is 985. The number of rotatable bonds is 5. The number of pyridine rings is 1. The molecule has 2 aromatic carbocycles. The number of hydrogen-bond donors (Lipinski definition) is 2. The molecule has 0 saturated heterocycles. The number of hydroxylamine groups is 1. The van der Waals surface area contributed by atoms with Gasteiger partial charge in [0.15, 0.2) is 5.84 Å². The summed E-state index contributed by atoms with van der Waals surface area (Å²) in [6.45, 7) is 4.52. The lowest BCUT2D eigenvalue weighted by Gasteiger charge is -2.09. The number of aromatic nitrogens is 1. The minimum atomic E-state index is 0.319. The van der Waals surface area contributed by atoms with E-state index >= 15 is 0 Å². The molecule has 0 fully saturated rings. The highest BCUT2D eigenvalue weighted by Crippen LogP contribution is 2.31. The molecular formula is C21H19Cl2N3O2. The van der Waals surface area contributed by atoms with Crippen molar-refractivity contribution in [1.82, 2.24) is 10.5 Å². The van der Waals surface area contributed by atoms with E-state index in [0.717, 1.165) is 5.56 Å². The summed E-state index contributed by atoms with van der Waals surface area (Å²) in [5, 5.41) is 10.4. The van der Waals surface area contributed by atoms with E-state index in [-0.39, 0.29) is 0 Å². The van der Waals surface area contributed by atoms with Crippen molar-refractivity contribution in [1.29, 1.82) is 0 Å². The van der Waals surface area contributed by atoms with Crippen LogP contribution in [0.5, 0.6) is 11.6 Å². The predicted molar refractivity (Wildman–Crippen MR) is 112 cm³/mol. The highest BCUT2D eigenvalue weighted by Gasteiger charge is 2.08. The first-order valence-electron chi connectivity index (χ1n) is 8.55. The van der Waals surface area contributed by atoms with Gasteiger partial charge in [0.2, 0.25) is 5.88 Å². The number of hydrogen-bond acceptors (Lipinski definition) is 4. The monoisotopic (exact) mass is 415 g/mol. The number of nitrogens with one attached hydrogen (secondary N) is 1. The number of ether oxygens (including phenoxy) is 1. The van der Waals surface area contributed by atoms with Gasteiger partial charge in [0, 0.05) is 28.9 Å². The molecule has 0 aliphatic heterocycles. The Labute approximate surface area is 173 Å². The van der Waals surface area contributed by atoms with Crippen molar-refractivity contribution >= 4 is 29.0 Å². The summed E-state index contributed by atoms with van der Waals surface area (Å²) in [5.41, 5.74) is 6.17. The van der Waals surface area contributed by atoms with Gasteiger partial charge in [0.25, 0.3) is 0 Å². The van der Waals surface area contributed by atoms with Gasteiger partial charge in [-0.3, -0.25) is 15.7 Å². The third kappa shape index (κ3) is 5.23. The molecule has 28 heavy (non-hydrogen) atoms. The average molecular weight is 416 g/mol. The Morgan fingerprint density at radius 1 is 1.07 bits per heavy atom. The van der Waals surface area contributed by atoms with Crippen LogP contribution in [0.15, 0.2) is 59.7 Å². The molecule has 3 rings (SSSR count). The number of aryl methyl sites for hydroxylation is 2. The summed E-state index contributed by atoms with van der Waals surface area (Å²) in [6, 6.07) is 14.6. The van der Waals surface area contributed by atoms with Crippen molar-refractivity contribution in [3.63, 3.8) is 0 Å². The van der Waals surface area contributed by atoms with E-state index in [2.05, 4.69) is 33.7 Å². The number of aliphatic imine (C=N–C) groups is 1. The Balaban J connectivity index is 1.75. The smallest absolute Gasteiger partial charge is 0.219 e. The van der Waals surface area contributed by atoms with E-state index in [1.54, 1.807) is 36.5 Å². The summed E-state index contributed by atoms with van der Waals surface area (Å²) < 4.78 is 5.66. The topological polar surface area (TPSA) is 66.7 Å². The maximum Gasteiger partial charge on any atom is 0.219 e. The molecule has 7 heteroatoms. The molecule has 0 aliphatic rings. The number of nitrogens with zero attached hydrogens (tertiary/aromatic N) is 2. The third-order valence-corrected chi connectivity index (χ3v) is 4.47. The molecule has 0 radical (unpaired) electrons. The Morgan fingerprint density at radius 3 is 2.46 bits per heavy atom. The Morgan fingerprint density at radius 2 is 1.82 bits per heavy atom. The number of amidine groups is 1. The van der Waals surface area contributed by atoms with Gasteiger partial charge in [-0.25, -0.2) is 4.98 Å². The van der Waals surface area contributed by atoms with Crippen molar-refractivity contribution < 1.29 is 9.94 Å². The summed E-state index contributed by atoms with van der Waals surface area (Å²) in [6.07, 6.45) is 1.55. The summed E-state index contributed by atoms with van der Waals surface area (Å²) in [7, 11) is 0. The number of benzene rings is 2. The molecule has 0 saturated carbocycles. The zero-order chi connectivity index (χ0) is 20.1. The average Bonchev–Trinajstić information content (AvgIpc) is 2.66. The first-order chi connectivity index (χ1) is 13.4. The van der Waals surface area contributed by atoms with Gasteiger partial charge in [0.05, 0.1) is 11.6 Å². The molecule has 0 amide bonds. The largest absolute Gasteiger partial charge is 0.437 e. The van der Waals surface area contributed by atoms with Crippen LogP contribution in [-0.2, 0) is 6.54 Å². The van der Waals surface area contributed by atoms with E-state index in [4.69, 9.17) is 27.9 Å². The predicted octanol–water partition coefficient (Wildman–Crippen LogP) is 5.72. The van der Waals surface area contributed by atoms with Gasteiger partial charge < -0.3 is 4.74 Å².